The van der Waals surface area contributed by atoms with E-state index >= 15 is 0 Å². The molecule has 1 atom stereocenters. The van der Waals surface area contributed by atoms with Crippen molar-refractivity contribution in [1.82, 2.24) is 26.2 Å². The van der Waals surface area contributed by atoms with Crippen molar-refractivity contribution in [1.29, 1.82) is 0 Å². The highest BCUT2D eigenvalue weighted by molar-refractivity contribution is 7.80. The van der Waals surface area contributed by atoms with Gasteiger partial charge in [-0.2, -0.15) is 0 Å². The van der Waals surface area contributed by atoms with E-state index in [0.717, 1.165) is 83.0 Å². The van der Waals surface area contributed by atoms with Crippen molar-refractivity contribution in [3.63, 3.8) is 0 Å². The van der Waals surface area contributed by atoms with Crippen LogP contribution in [0.15, 0.2) is 139 Å². The standard InChI is InChI=1S/C28H39N3OS.C7H8.C6H14N2.C3H8.2C2H6.CH5N/c1-8-26(23(4)27-14-12-10-9-11-13-15-27)19-28(31(7)25(6)33)18-21(2)24(5)30-17-16-29-22(3)20-32;1-7-5-3-2-4-6-7;1-4-8-6(2)5-7-3;1-3-2;3*1-2/h9-10,13-15,18-20,22,29-30H,2,4-5,8,11-12,16-17H2,1,3,6-7H3;2-6H,1H3;7-8H,2,4-5H2,1,3H3;3H2,1-2H3;2*1-2H3;2H2,1H3/b10-9?,15-13-,26-19+,27-14+,28-18+;;;;;;. The second kappa shape index (κ2) is 46.3. The first kappa shape index (κ1) is 62.1. The third-order valence-corrected chi connectivity index (χ3v) is 7.38. The Labute approximate surface area is 358 Å². The number of benzene rings is 1. The smallest absolute Gasteiger partial charge is 0.136 e. The zero-order chi connectivity index (χ0) is 45.0. The molecule has 7 nitrogen and oxygen atoms in total. The van der Waals surface area contributed by atoms with Crippen LogP contribution in [-0.4, -0.2) is 69.5 Å². The maximum atomic E-state index is 10.7. The molecule has 1 aromatic rings. The first-order valence-corrected chi connectivity index (χ1v) is 21.1. The average Bonchev–Trinajstić information content (AvgIpc) is 3.20. The molecule has 1 aliphatic rings. The molecule has 1 aromatic carbocycles. The number of thiocarbonyl (C=S) groups is 1. The molecule has 2 rings (SSSR count). The number of rotatable bonds is 17. The first-order valence-electron chi connectivity index (χ1n) is 20.7. The quantitative estimate of drug-likeness (QED) is 0.0349. The summed E-state index contributed by atoms with van der Waals surface area (Å²) in [7, 11) is 5.36. The van der Waals surface area contributed by atoms with Gasteiger partial charge in [0.15, 0.2) is 0 Å². The zero-order valence-electron chi connectivity index (χ0n) is 38.9. The number of nitrogens with one attached hydrogen (secondary N) is 4. The predicted octanol–water partition coefficient (Wildman–Crippen LogP) is 11.1. The van der Waals surface area contributed by atoms with E-state index in [4.69, 9.17) is 12.2 Å². The maximum Gasteiger partial charge on any atom is 0.136 e. The Morgan fingerprint density at radius 2 is 1.47 bits per heavy atom. The monoisotopic (exact) mass is 807 g/mol. The molecule has 0 saturated carbocycles. The number of hydrogen-bond acceptors (Lipinski definition) is 7. The van der Waals surface area contributed by atoms with Crippen LogP contribution in [0, 0.1) is 6.92 Å². The first-order chi connectivity index (χ1) is 27.3. The molecular formula is C49H86N6OS. The van der Waals surface area contributed by atoms with Crippen LogP contribution in [0.5, 0.6) is 0 Å². The molecule has 0 radical (unpaired) electrons. The number of aldehydes is 1. The van der Waals surface area contributed by atoms with Crippen molar-refractivity contribution < 1.29 is 4.79 Å². The second-order valence-electron chi connectivity index (χ2n) is 12.0. The number of nitrogens with zero attached hydrogens (tertiary/aromatic N) is 1. The van der Waals surface area contributed by atoms with Gasteiger partial charge in [0, 0.05) is 50.3 Å². The summed E-state index contributed by atoms with van der Waals surface area (Å²) in [6, 6.07) is 10.1. The minimum absolute atomic E-state index is 0.168. The molecular weight excluding hydrogens is 721 g/mol. The molecule has 0 aliphatic heterocycles. The van der Waals surface area contributed by atoms with Crippen molar-refractivity contribution in [2.45, 2.75) is 108 Å². The van der Waals surface area contributed by atoms with Crippen LogP contribution in [0.3, 0.4) is 0 Å². The van der Waals surface area contributed by atoms with Gasteiger partial charge in [0.05, 0.1) is 11.0 Å². The summed E-state index contributed by atoms with van der Waals surface area (Å²) < 4.78 is 0. The lowest BCUT2D eigenvalue weighted by molar-refractivity contribution is -0.109. The predicted molar refractivity (Wildman–Crippen MR) is 264 cm³/mol. The van der Waals surface area contributed by atoms with Gasteiger partial charge in [-0.25, -0.2) is 0 Å². The van der Waals surface area contributed by atoms with Gasteiger partial charge in [-0.15, -0.1) is 0 Å². The van der Waals surface area contributed by atoms with E-state index in [1.165, 1.54) is 19.0 Å². The van der Waals surface area contributed by atoms with Crippen LogP contribution in [0.2, 0.25) is 0 Å². The molecule has 0 fully saturated rings. The molecule has 0 aromatic heterocycles. The number of aryl methyl sites for hydroxylation is 1. The highest BCUT2D eigenvalue weighted by Gasteiger charge is 2.11. The fourth-order valence-electron chi connectivity index (χ4n) is 4.14. The van der Waals surface area contributed by atoms with Gasteiger partial charge in [0.25, 0.3) is 0 Å². The molecule has 0 amide bonds. The summed E-state index contributed by atoms with van der Waals surface area (Å²) >= 11 is 5.45. The highest BCUT2D eigenvalue weighted by atomic mass is 32.1. The van der Waals surface area contributed by atoms with Crippen LogP contribution < -0.4 is 27.0 Å². The third kappa shape index (κ3) is 37.3. The van der Waals surface area contributed by atoms with E-state index in [2.05, 4.69) is 137 Å². The molecule has 324 valence electrons. The Bertz CT molecular complexity index is 1350. The van der Waals surface area contributed by atoms with Crippen molar-refractivity contribution in [3.8, 4) is 0 Å². The lowest BCUT2D eigenvalue weighted by Gasteiger charge is -2.22. The number of carbonyl (C=O) groups is 1. The van der Waals surface area contributed by atoms with Crippen molar-refractivity contribution >= 4 is 23.5 Å². The minimum Gasteiger partial charge on any atom is -0.388 e. The summed E-state index contributed by atoms with van der Waals surface area (Å²) in [6.45, 7) is 41.8. The summed E-state index contributed by atoms with van der Waals surface area (Å²) in [4.78, 5) is 13.4. The fourth-order valence-corrected chi connectivity index (χ4v) is 4.24. The van der Waals surface area contributed by atoms with Gasteiger partial charge in [-0.05, 0) is 95.5 Å². The maximum absolute atomic E-state index is 10.7. The molecule has 1 aliphatic carbocycles. The molecule has 0 saturated heterocycles. The van der Waals surface area contributed by atoms with Crippen LogP contribution in [-0.2, 0) is 4.79 Å². The Balaban J connectivity index is -0.000000303. The number of nitrogens with two attached hydrogens (primary N) is 1. The summed E-state index contributed by atoms with van der Waals surface area (Å²) in [6.07, 6.45) is 19.8. The Hall–Kier alpha value is -4.08. The van der Waals surface area contributed by atoms with E-state index < -0.39 is 0 Å². The Morgan fingerprint density at radius 1 is 0.912 bits per heavy atom. The van der Waals surface area contributed by atoms with Gasteiger partial charge in [0.2, 0.25) is 0 Å². The number of hydrogen-bond donors (Lipinski definition) is 5. The lowest BCUT2D eigenvalue weighted by atomic mass is 9.94. The molecule has 6 N–H and O–H groups in total. The van der Waals surface area contributed by atoms with Gasteiger partial charge >= 0.3 is 0 Å². The molecule has 0 heterocycles. The Morgan fingerprint density at radius 3 is 1.93 bits per heavy atom. The lowest BCUT2D eigenvalue weighted by Crippen LogP contribution is -2.33. The van der Waals surface area contributed by atoms with E-state index in [9.17, 15) is 4.79 Å². The molecule has 0 spiro atoms. The SMILES string of the molecule is C=C(/C=C(\C=C(/CC)C(=C)C1=C/CC=CC/C=C\1)N(C)C(C)=S)C(=C)NCCNC(C)C=O.C=C(CNC)NCC.CC.CC.CCC.CN.Cc1ccccc1. The fraction of sp³-hybridized carbons (Fsp3) is 0.469. The average molecular weight is 807 g/mol. The van der Waals surface area contributed by atoms with E-state index in [-0.39, 0.29) is 6.04 Å². The van der Waals surface area contributed by atoms with Gasteiger partial charge in [0.1, 0.15) is 6.29 Å². The molecule has 57 heavy (non-hydrogen) atoms. The van der Waals surface area contributed by atoms with Crippen LogP contribution in [0.25, 0.3) is 0 Å². The molecule has 8 heteroatoms. The van der Waals surface area contributed by atoms with Crippen molar-refractivity contribution in [2.24, 2.45) is 5.73 Å². The summed E-state index contributed by atoms with van der Waals surface area (Å²) in [5.74, 6) is 0. The number of carbonyl (C=O) groups excluding carboxylic acids is 1. The van der Waals surface area contributed by atoms with Crippen molar-refractivity contribution in [2.75, 3.05) is 47.3 Å². The molecule has 0 bridgehead atoms. The van der Waals surface area contributed by atoms with Crippen LogP contribution in [0.1, 0.15) is 100 Å². The Kier molecular flexibility index (Phi) is 50.5. The van der Waals surface area contributed by atoms with Crippen molar-refractivity contribution in [3.05, 3.63) is 144 Å². The summed E-state index contributed by atoms with van der Waals surface area (Å²) in [5, 5.41) is 12.4. The van der Waals surface area contributed by atoms with Gasteiger partial charge in [-0.1, -0.05) is 160 Å². The minimum atomic E-state index is -0.168. The molecule has 1 unspecified atom stereocenters. The van der Waals surface area contributed by atoms with E-state index in [1.54, 1.807) is 0 Å². The highest BCUT2D eigenvalue weighted by Crippen LogP contribution is 2.26. The van der Waals surface area contributed by atoms with Gasteiger partial charge < -0.3 is 36.7 Å². The normalized spacial score (nSPS) is 13.1. The third-order valence-electron chi connectivity index (χ3n) is 7.11. The topological polar surface area (TPSA) is 94.4 Å². The summed E-state index contributed by atoms with van der Waals surface area (Å²) in [5.41, 5.74) is 12.6. The van der Waals surface area contributed by atoms with Crippen LogP contribution in [0.4, 0.5) is 0 Å². The number of allylic oxidation sites excluding steroid dienone is 10. The van der Waals surface area contributed by atoms with Crippen LogP contribution >= 0.6 is 12.2 Å². The van der Waals surface area contributed by atoms with E-state index in [1.807, 2.05) is 84.8 Å². The second-order valence-corrected chi connectivity index (χ2v) is 12.6. The zero-order valence-corrected chi connectivity index (χ0v) is 39.7. The van der Waals surface area contributed by atoms with E-state index in [0.29, 0.717) is 13.1 Å². The van der Waals surface area contributed by atoms with Gasteiger partial charge in [-0.3, -0.25) is 0 Å². The largest absolute Gasteiger partial charge is 0.388 e. The number of likely N-dealkylation sites (N-methyl/N-ethyl adjacent to an activating group) is 3.